The maximum Gasteiger partial charge on any atom is 0.0832 e. The van der Waals surface area contributed by atoms with E-state index in [1.54, 1.807) is 6.20 Å². The molecule has 0 aromatic carbocycles. The number of rotatable bonds is 5. The standard InChI is InChI=1S/C9H17N3O/c1-2-5-12-7-8(6-11-12)9(13)3-4-10/h6-7,9,13H,2-5,10H2,1H3. The Morgan fingerprint density at radius 2 is 2.46 bits per heavy atom. The summed E-state index contributed by atoms with van der Waals surface area (Å²) in [6.07, 6.45) is 4.77. The van der Waals surface area contributed by atoms with Crippen molar-refractivity contribution < 1.29 is 5.11 Å². The molecule has 13 heavy (non-hydrogen) atoms. The summed E-state index contributed by atoms with van der Waals surface area (Å²) in [7, 11) is 0. The first-order valence-corrected chi connectivity index (χ1v) is 4.68. The lowest BCUT2D eigenvalue weighted by Gasteiger charge is -2.04. The highest BCUT2D eigenvalue weighted by molar-refractivity contribution is 5.07. The molecule has 1 aromatic heterocycles. The van der Waals surface area contributed by atoms with E-state index in [1.165, 1.54) is 0 Å². The van der Waals surface area contributed by atoms with Gasteiger partial charge in [-0.3, -0.25) is 4.68 Å². The van der Waals surface area contributed by atoms with Gasteiger partial charge in [0.25, 0.3) is 0 Å². The molecule has 0 spiro atoms. The molecule has 0 aliphatic heterocycles. The topological polar surface area (TPSA) is 64.1 Å². The van der Waals surface area contributed by atoms with Crippen LogP contribution in [0.1, 0.15) is 31.4 Å². The van der Waals surface area contributed by atoms with Crippen molar-refractivity contribution in [3.05, 3.63) is 18.0 Å². The molecule has 4 heteroatoms. The van der Waals surface area contributed by atoms with Gasteiger partial charge in [-0.2, -0.15) is 5.10 Å². The number of aryl methyl sites for hydroxylation is 1. The maximum atomic E-state index is 9.57. The quantitative estimate of drug-likeness (QED) is 0.705. The molecule has 0 saturated heterocycles. The molecule has 4 nitrogen and oxygen atoms in total. The van der Waals surface area contributed by atoms with E-state index in [2.05, 4.69) is 12.0 Å². The first-order chi connectivity index (χ1) is 6.27. The van der Waals surface area contributed by atoms with Crippen LogP contribution in [-0.4, -0.2) is 21.4 Å². The van der Waals surface area contributed by atoms with E-state index in [9.17, 15) is 5.11 Å². The summed E-state index contributed by atoms with van der Waals surface area (Å²) in [5, 5.41) is 13.7. The molecule has 0 saturated carbocycles. The number of aromatic nitrogens is 2. The number of aliphatic hydroxyl groups excluding tert-OH is 1. The van der Waals surface area contributed by atoms with Crippen LogP contribution in [0.25, 0.3) is 0 Å². The van der Waals surface area contributed by atoms with Crippen LogP contribution < -0.4 is 5.73 Å². The Bertz CT molecular complexity index is 247. The number of nitrogens with zero attached hydrogens (tertiary/aromatic N) is 2. The first kappa shape index (κ1) is 10.2. The van der Waals surface area contributed by atoms with Gasteiger partial charge in [0, 0.05) is 18.3 Å². The molecule has 0 amide bonds. The van der Waals surface area contributed by atoms with Crippen molar-refractivity contribution in [2.24, 2.45) is 5.73 Å². The fourth-order valence-electron chi connectivity index (χ4n) is 1.23. The molecule has 1 unspecified atom stereocenters. The van der Waals surface area contributed by atoms with Crippen molar-refractivity contribution in [3.63, 3.8) is 0 Å². The SMILES string of the molecule is CCCn1cc(C(O)CCN)cn1. The molecule has 0 bridgehead atoms. The minimum atomic E-state index is -0.462. The lowest BCUT2D eigenvalue weighted by atomic mass is 10.1. The van der Waals surface area contributed by atoms with Crippen LogP contribution in [0, 0.1) is 0 Å². The fraction of sp³-hybridized carbons (Fsp3) is 0.667. The zero-order valence-corrected chi connectivity index (χ0v) is 7.98. The summed E-state index contributed by atoms with van der Waals surface area (Å²) in [5.74, 6) is 0. The summed E-state index contributed by atoms with van der Waals surface area (Å²) in [5.41, 5.74) is 6.21. The number of hydrogen-bond acceptors (Lipinski definition) is 3. The van der Waals surface area contributed by atoms with Crippen molar-refractivity contribution in [2.45, 2.75) is 32.4 Å². The summed E-state index contributed by atoms with van der Waals surface area (Å²) in [6.45, 7) is 3.49. The van der Waals surface area contributed by atoms with Gasteiger partial charge in [0.1, 0.15) is 0 Å². The Balaban J connectivity index is 2.56. The highest BCUT2D eigenvalue weighted by atomic mass is 16.3. The monoisotopic (exact) mass is 183 g/mol. The van der Waals surface area contributed by atoms with Crippen LogP contribution in [0.4, 0.5) is 0 Å². The average Bonchev–Trinajstić information content (AvgIpc) is 2.54. The van der Waals surface area contributed by atoms with Crippen molar-refractivity contribution in [1.82, 2.24) is 9.78 Å². The van der Waals surface area contributed by atoms with Crippen molar-refractivity contribution in [3.8, 4) is 0 Å². The molecule has 74 valence electrons. The summed E-state index contributed by atoms with van der Waals surface area (Å²) in [4.78, 5) is 0. The predicted octanol–water partition coefficient (Wildman–Crippen LogP) is 0.675. The van der Waals surface area contributed by atoms with E-state index in [0.717, 1.165) is 18.5 Å². The Kier molecular flexibility index (Phi) is 3.92. The molecular formula is C9H17N3O. The minimum absolute atomic E-state index is 0.462. The van der Waals surface area contributed by atoms with Gasteiger partial charge in [-0.05, 0) is 19.4 Å². The second kappa shape index (κ2) is 4.99. The normalized spacial score (nSPS) is 13.2. The van der Waals surface area contributed by atoms with Crippen molar-refractivity contribution >= 4 is 0 Å². The molecule has 3 N–H and O–H groups in total. The Morgan fingerprint density at radius 3 is 3.08 bits per heavy atom. The molecule has 0 radical (unpaired) electrons. The molecule has 0 aliphatic carbocycles. The van der Waals surface area contributed by atoms with Gasteiger partial charge in [0.15, 0.2) is 0 Å². The van der Waals surface area contributed by atoms with Gasteiger partial charge in [-0.1, -0.05) is 6.92 Å². The van der Waals surface area contributed by atoms with Crippen LogP contribution in [0.5, 0.6) is 0 Å². The highest BCUT2D eigenvalue weighted by Crippen LogP contribution is 2.14. The van der Waals surface area contributed by atoms with E-state index >= 15 is 0 Å². The lowest BCUT2D eigenvalue weighted by molar-refractivity contribution is 0.170. The first-order valence-electron chi connectivity index (χ1n) is 4.68. The number of nitrogens with two attached hydrogens (primary N) is 1. The second-order valence-electron chi connectivity index (χ2n) is 3.13. The largest absolute Gasteiger partial charge is 0.388 e. The van der Waals surface area contributed by atoms with Gasteiger partial charge in [-0.25, -0.2) is 0 Å². The third-order valence-corrected chi connectivity index (χ3v) is 1.93. The smallest absolute Gasteiger partial charge is 0.0832 e. The molecule has 1 atom stereocenters. The van der Waals surface area contributed by atoms with Crippen molar-refractivity contribution in [1.29, 1.82) is 0 Å². The Morgan fingerprint density at radius 1 is 1.69 bits per heavy atom. The average molecular weight is 183 g/mol. The zero-order chi connectivity index (χ0) is 9.68. The van der Waals surface area contributed by atoms with Crippen LogP contribution in [0.3, 0.4) is 0 Å². The summed E-state index contributed by atoms with van der Waals surface area (Å²) < 4.78 is 1.84. The molecular weight excluding hydrogens is 166 g/mol. The van der Waals surface area contributed by atoms with E-state index in [1.807, 2.05) is 10.9 Å². The molecule has 0 aliphatic rings. The van der Waals surface area contributed by atoms with Crippen LogP contribution in [-0.2, 0) is 6.54 Å². The van der Waals surface area contributed by atoms with E-state index in [0.29, 0.717) is 13.0 Å². The molecule has 1 heterocycles. The minimum Gasteiger partial charge on any atom is -0.388 e. The van der Waals surface area contributed by atoms with Gasteiger partial charge >= 0.3 is 0 Å². The van der Waals surface area contributed by atoms with Crippen LogP contribution in [0.2, 0.25) is 0 Å². The summed E-state index contributed by atoms with van der Waals surface area (Å²) in [6, 6.07) is 0. The molecule has 1 aromatic rings. The zero-order valence-electron chi connectivity index (χ0n) is 7.98. The van der Waals surface area contributed by atoms with Crippen molar-refractivity contribution in [2.75, 3.05) is 6.54 Å². The van der Waals surface area contributed by atoms with E-state index in [4.69, 9.17) is 5.73 Å². The van der Waals surface area contributed by atoms with Gasteiger partial charge in [0.05, 0.1) is 12.3 Å². The third-order valence-electron chi connectivity index (χ3n) is 1.93. The third kappa shape index (κ3) is 2.82. The van der Waals surface area contributed by atoms with Crippen LogP contribution >= 0.6 is 0 Å². The van der Waals surface area contributed by atoms with E-state index < -0.39 is 6.10 Å². The summed E-state index contributed by atoms with van der Waals surface area (Å²) >= 11 is 0. The second-order valence-corrected chi connectivity index (χ2v) is 3.13. The fourth-order valence-corrected chi connectivity index (χ4v) is 1.23. The number of aliphatic hydroxyl groups is 1. The van der Waals surface area contributed by atoms with E-state index in [-0.39, 0.29) is 0 Å². The predicted molar refractivity (Wildman–Crippen MR) is 51.1 cm³/mol. The van der Waals surface area contributed by atoms with Crippen LogP contribution in [0.15, 0.2) is 12.4 Å². The van der Waals surface area contributed by atoms with Gasteiger partial charge < -0.3 is 10.8 Å². The Labute approximate surface area is 78.4 Å². The van der Waals surface area contributed by atoms with Gasteiger partial charge in [-0.15, -0.1) is 0 Å². The van der Waals surface area contributed by atoms with Gasteiger partial charge in [0.2, 0.25) is 0 Å². The number of hydrogen-bond donors (Lipinski definition) is 2. The highest BCUT2D eigenvalue weighted by Gasteiger charge is 2.08. The molecule has 0 fully saturated rings. The maximum absolute atomic E-state index is 9.57. The lowest BCUT2D eigenvalue weighted by Crippen LogP contribution is -2.06. The Hall–Kier alpha value is -0.870. The molecule has 1 rings (SSSR count).